The van der Waals surface area contributed by atoms with Crippen LogP contribution in [-0.2, 0) is 4.79 Å². The average Bonchev–Trinajstić information content (AvgIpc) is 3.10. The van der Waals surface area contributed by atoms with E-state index in [-0.39, 0.29) is 5.78 Å². The number of thiophene rings is 2. The van der Waals surface area contributed by atoms with Gasteiger partial charge in [0.25, 0.3) is 0 Å². The van der Waals surface area contributed by atoms with Crippen LogP contribution in [0, 0.1) is 0 Å². The number of ketones is 1. The topological polar surface area (TPSA) is 17.1 Å². The summed E-state index contributed by atoms with van der Waals surface area (Å²) in [6, 6.07) is 8.19. The number of hydrogen-bond donors (Lipinski definition) is 0. The molecule has 1 saturated carbocycles. The molecular weight excluding hydrogens is 284 g/mol. The fourth-order valence-electron chi connectivity index (χ4n) is 2.43. The zero-order chi connectivity index (χ0) is 13.8. The Labute approximate surface area is 127 Å². The maximum Gasteiger partial charge on any atom is 0.185 e. The van der Waals surface area contributed by atoms with Crippen LogP contribution in [0.3, 0.4) is 0 Å². The Balaban J connectivity index is 1.91. The van der Waals surface area contributed by atoms with Gasteiger partial charge < -0.3 is 0 Å². The second kappa shape index (κ2) is 6.33. The van der Waals surface area contributed by atoms with E-state index in [1.807, 2.05) is 12.1 Å². The smallest absolute Gasteiger partial charge is 0.185 e. The Morgan fingerprint density at radius 1 is 0.850 bits per heavy atom. The molecule has 0 saturated heterocycles. The lowest BCUT2D eigenvalue weighted by Crippen LogP contribution is -2.03. The van der Waals surface area contributed by atoms with Gasteiger partial charge in [0.2, 0.25) is 0 Å². The molecule has 1 aliphatic rings. The van der Waals surface area contributed by atoms with Crippen LogP contribution in [-0.4, -0.2) is 5.78 Å². The average molecular weight is 300 g/mol. The van der Waals surface area contributed by atoms with Gasteiger partial charge in [-0.25, -0.2) is 0 Å². The van der Waals surface area contributed by atoms with E-state index in [0.717, 1.165) is 36.8 Å². The van der Waals surface area contributed by atoms with E-state index >= 15 is 0 Å². The lowest BCUT2D eigenvalue weighted by Gasteiger charge is -2.04. The lowest BCUT2D eigenvalue weighted by molar-refractivity contribution is -0.112. The van der Waals surface area contributed by atoms with Crippen molar-refractivity contribution in [3.63, 3.8) is 0 Å². The SMILES string of the molecule is O=C1/C(=C/c2cccs2)CCCC/C1=C\c1cccs1. The zero-order valence-electron chi connectivity index (χ0n) is 11.2. The summed E-state index contributed by atoms with van der Waals surface area (Å²) in [5, 5.41) is 4.10. The van der Waals surface area contributed by atoms with Crippen LogP contribution in [0.1, 0.15) is 35.4 Å². The summed E-state index contributed by atoms with van der Waals surface area (Å²) in [7, 11) is 0. The van der Waals surface area contributed by atoms with Crippen LogP contribution >= 0.6 is 22.7 Å². The molecule has 1 nitrogen and oxygen atoms in total. The van der Waals surface area contributed by atoms with Crippen LogP contribution < -0.4 is 0 Å². The molecule has 0 bridgehead atoms. The second-order valence-electron chi connectivity index (χ2n) is 4.91. The van der Waals surface area contributed by atoms with Crippen molar-refractivity contribution in [2.24, 2.45) is 0 Å². The van der Waals surface area contributed by atoms with E-state index in [4.69, 9.17) is 0 Å². The summed E-state index contributed by atoms with van der Waals surface area (Å²) in [6.07, 6.45) is 8.15. The Kier molecular flexibility index (Phi) is 4.28. The molecule has 102 valence electrons. The fraction of sp³-hybridized carbons (Fsp3) is 0.235. The first-order valence-electron chi connectivity index (χ1n) is 6.86. The van der Waals surface area contributed by atoms with Crippen molar-refractivity contribution in [3.8, 4) is 0 Å². The van der Waals surface area contributed by atoms with Crippen molar-refractivity contribution in [1.82, 2.24) is 0 Å². The normalized spacial score (nSPS) is 20.5. The monoisotopic (exact) mass is 300 g/mol. The highest BCUT2D eigenvalue weighted by atomic mass is 32.1. The summed E-state index contributed by atoms with van der Waals surface area (Å²) in [5.74, 6) is 0.240. The number of carbonyl (C=O) groups is 1. The Morgan fingerprint density at radius 2 is 1.35 bits per heavy atom. The van der Waals surface area contributed by atoms with Crippen molar-refractivity contribution in [1.29, 1.82) is 0 Å². The third kappa shape index (κ3) is 3.17. The first-order valence-corrected chi connectivity index (χ1v) is 8.62. The van der Waals surface area contributed by atoms with Gasteiger partial charge in [-0.15, -0.1) is 22.7 Å². The largest absolute Gasteiger partial charge is 0.289 e. The number of hydrogen-bond acceptors (Lipinski definition) is 3. The summed E-state index contributed by atoms with van der Waals surface area (Å²) >= 11 is 3.37. The summed E-state index contributed by atoms with van der Waals surface area (Å²) in [5.41, 5.74) is 1.93. The van der Waals surface area contributed by atoms with Gasteiger partial charge in [0.15, 0.2) is 5.78 Å². The maximum absolute atomic E-state index is 12.7. The third-order valence-electron chi connectivity index (χ3n) is 3.44. The molecular formula is C17H16OS2. The predicted octanol–water partition coefficient (Wildman–Crippen LogP) is 5.42. The number of allylic oxidation sites excluding steroid dienone is 2. The maximum atomic E-state index is 12.7. The fourth-order valence-corrected chi connectivity index (χ4v) is 3.79. The Bertz CT molecular complexity index is 574. The van der Waals surface area contributed by atoms with Crippen molar-refractivity contribution < 1.29 is 4.79 Å². The highest BCUT2D eigenvalue weighted by Gasteiger charge is 2.19. The van der Waals surface area contributed by atoms with Gasteiger partial charge in [-0.1, -0.05) is 12.1 Å². The predicted molar refractivity (Wildman–Crippen MR) is 88.1 cm³/mol. The molecule has 2 aromatic heterocycles. The molecule has 3 rings (SSSR count). The van der Waals surface area contributed by atoms with Gasteiger partial charge in [0.1, 0.15) is 0 Å². The molecule has 2 heterocycles. The first kappa shape index (κ1) is 13.5. The molecule has 0 amide bonds. The van der Waals surface area contributed by atoms with Crippen LogP contribution in [0.15, 0.2) is 46.2 Å². The van der Waals surface area contributed by atoms with Gasteiger partial charge in [-0.3, -0.25) is 4.79 Å². The van der Waals surface area contributed by atoms with Crippen LogP contribution in [0.5, 0.6) is 0 Å². The van der Waals surface area contributed by atoms with Gasteiger partial charge in [0, 0.05) is 20.9 Å². The highest BCUT2D eigenvalue weighted by molar-refractivity contribution is 7.11. The molecule has 0 unspecified atom stereocenters. The van der Waals surface area contributed by atoms with Crippen molar-refractivity contribution in [2.75, 3.05) is 0 Å². The third-order valence-corrected chi connectivity index (χ3v) is 5.08. The first-order chi connectivity index (χ1) is 9.83. The number of rotatable bonds is 2. The van der Waals surface area contributed by atoms with Crippen LogP contribution in [0.25, 0.3) is 12.2 Å². The molecule has 3 heteroatoms. The molecule has 0 spiro atoms. The highest BCUT2D eigenvalue weighted by Crippen LogP contribution is 2.28. The Morgan fingerprint density at radius 3 is 1.75 bits per heavy atom. The quantitative estimate of drug-likeness (QED) is 0.534. The molecule has 0 aliphatic heterocycles. The van der Waals surface area contributed by atoms with E-state index in [1.165, 1.54) is 9.75 Å². The van der Waals surface area contributed by atoms with Crippen molar-refractivity contribution >= 4 is 40.6 Å². The lowest BCUT2D eigenvalue weighted by atomic mass is 10.0. The molecule has 0 atom stereocenters. The molecule has 1 aliphatic carbocycles. The van der Waals surface area contributed by atoms with Crippen molar-refractivity contribution in [2.45, 2.75) is 25.7 Å². The number of Topliss-reactive ketones (excluding diaryl/α,β-unsaturated/α-hetero) is 1. The van der Waals surface area contributed by atoms with Crippen molar-refractivity contribution in [3.05, 3.63) is 55.9 Å². The van der Waals surface area contributed by atoms with E-state index in [2.05, 4.69) is 35.0 Å². The van der Waals surface area contributed by atoms with Gasteiger partial charge in [-0.05, 0) is 60.7 Å². The van der Waals surface area contributed by atoms with E-state index < -0.39 is 0 Å². The summed E-state index contributed by atoms with van der Waals surface area (Å²) in [6.45, 7) is 0. The molecule has 0 aromatic carbocycles. The van der Waals surface area contributed by atoms with E-state index in [1.54, 1.807) is 22.7 Å². The standard InChI is InChI=1S/C17H16OS2/c18-17-13(11-15-7-3-9-19-15)5-1-2-6-14(17)12-16-8-4-10-20-16/h3-4,7-12H,1-2,5-6H2/b13-11+,14-12+. The summed E-state index contributed by atoms with van der Waals surface area (Å²) < 4.78 is 0. The van der Waals surface area contributed by atoms with Gasteiger partial charge >= 0.3 is 0 Å². The number of carbonyl (C=O) groups excluding carboxylic acids is 1. The minimum Gasteiger partial charge on any atom is -0.289 e. The molecule has 0 N–H and O–H groups in total. The zero-order valence-corrected chi connectivity index (χ0v) is 12.8. The van der Waals surface area contributed by atoms with Gasteiger partial charge in [0.05, 0.1) is 0 Å². The van der Waals surface area contributed by atoms with E-state index in [9.17, 15) is 4.79 Å². The molecule has 0 radical (unpaired) electrons. The van der Waals surface area contributed by atoms with Crippen LogP contribution in [0.2, 0.25) is 0 Å². The van der Waals surface area contributed by atoms with Crippen LogP contribution in [0.4, 0.5) is 0 Å². The van der Waals surface area contributed by atoms with Gasteiger partial charge in [-0.2, -0.15) is 0 Å². The molecule has 2 aromatic rings. The molecule has 1 fully saturated rings. The minimum absolute atomic E-state index is 0.240. The van der Waals surface area contributed by atoms with E-state index in [0.29, 0.717) is 0 Å². The summed E-state index contributed by atoms with van der Waals surface area (Å²) in [4.78, 5) is 15.0. The second-order valence-corrected chi connectivity index (χ2v) is 6.86. The minimum atomic E-state index is 0.240. The molecule has 20 heavy (non-hydrogen) atoms. The Hall–Kier alpha value is -1.45.